The number of likely N-dealkylation sites (N-methyl/N-ethyl adjacent to an activating group) is 1. The van der Waals surface area contributed by atoms with Gasteiger partial charge in [0.2, 0.25) is 0 Å². The molecule has 0 bridgehead atoms. The first kappa shape index (κ1) is 13.8. The fourth-order valence-electron chi connectivity index (χ4n) is 3.17. The van der Waals surface area contributed by atoms with Crippen molar-refractivity contribution in [2.75, 3.05) is 39.9 Å². The van der Waals surface area contributed by atoms with Gasteiger partial charge in [0, 0.05) is 20.2 Å². The minimum absolute atomic E-state index is 0.309. The van der Waals surface area contributed by atoms with Crippen LogP contribution in [0.5, 0.6) is 0 Å². The molecule has 0 aromatic carbocycles. The Morgan fingerprint density at radius 1 is 1.44 bits per heavy atom. The van der Waals surface area contributed by atoms with Crippen LogP contribution in [0.25, 0.3) is 0 Å². The smallest absolute Gasteiger partial charge is 0.122 e. The summed E-state index contributed by atoms with van der Waals surface area (Å²) >= 11 is 0. The molecule has 1 heterocycles. The summed E-state index contributed by atoms with van der Waals surface area (Å²) in [6.45, 7) is 6.87. The molecule has 0 aromatic rings. The van der Waals surface area contributed by atoms with E-state index in [1.54, 1.807) is 7.11 Å². The van der Waals surface area contributed by atoms with Gasteiger partial charge >= 0.3 is 0 Å². The molecule has 102 valence electrons. The highest BCUT2D eigenvalue weighted by molar-refractivity contribution is 5.16. The van der Waals surface area contributed by atoms with Gasteiger partial charge in [-0.3, -0.25) is 5.32 Å². The number of nitriles is 1. The number of ether oxygens (including phenoxy) is 1. The average molecular weight is 251 g/mol. The van der Waals surface area contributed by atoms with Crippen molar-refractivity contribution in [1.29, 1.82) is 5.26 Å². The molecule has 1 aliphatic heterocycles. The monoisotopic (exact) mass is 251 g/mol. The second kappa shape index (κ2) is 6.01. The summed E-state index contributed by atoms with van der Waals surface area (Å²) in [7, 11) is 1.77. The number of rotatable bonds is 7. The molecular weight excluding hydrogens is 226 g/mol. The van der Waals surface area contributed by atoms with Crippen molar-refractivity contribution in [2.45, 2.75) is 31.7 Å². The van der Waals surface area contributed by atoms with Crippen LogP contribution in [0.15, 0.2) is 0 Å². The van der Waals surface area contributed by atoms with Crippen LogP contribution in [0.2, 0.25) is 0 Å². The third kappa shape index (κ3) is 3.03. The van der Waals surface area contributed by atoms with E-state index in [0.717, 1.165) is 32.8 Å². The molecule has 2 rings (SSSR count). The van der Waals surface area contributed by atoms with Crippen molar-refractivity contribution in [3.63, 3.8) is 0 Å². The molecule has 2 unspecified atom stereocenters. The summed E-state index contributed by atoms with van der Waals surface area (Å²) in [6, 6.07) is 2.57. The van der Waals surface area contributed by atoms with Crippen molar-refractivity contribution in [2.24, 2.45) is 11.8 Å². The third-order valence-corrected chi connectivity index (χ3v) is 4.21. The molecular formula is C14H25N3O. The second-order valence-corrected chi connectivity index (χ2v) is 5.73. The Kier molecular flexibility index (Phi) is 4.60. The third-order valence-electron chi connectivity index (χ3n) is 4.21. The first-order valence-electron chi connectivity index (χ1n) is 7.11. The predicted octanol–water partition coefficient (Wildman–Crippen LogP) is 1.24. The van der Waals surface area contributed by atoms with Crippen molar-refractivity contribution >= 4 is 0 Å². The van der Waals surface area contributed by atoms with E-state index in [-0.39, 0.29) is 5.54 Å². The van der Waals surface area contributed by atoms with Gasteiger partial charge in [0.15, 0.2) is 0 Å². The Labute approximate surface area is 110 Å². The van der Waals surface area contributed by atoms with Crippen molar-refractivity contribution in [3.05, 3.63) is 0 Å². The lowest BCUT2D eigenvalue weighted by Crippen LogP contribution is -2.54. The quantitative estimate of drug-likeness (QED) is 0.739. The topological polar surface area (TPSA) is 48.3 Å². The van der Waals surface area contributed by atoms with Gasteiger partial charge in [0.25, 0.3) is 0 Å². The minimum Gasteiger partial charge on any atom is -0.384 e. The Bertz CT molecular complexity index is 311. The molecule has 2 fully saturated rings. The van der Waals surface area contributed by atoms with Crippen LogP contribution in [0.1, 0.15) is 26.2 Å². The maximum absolute atomic E-state index is 9.58. The molecule has 2 atom stereocenters. The summed E-state index contributed by atoms with van der Waals surface area (Å²) in [6.07, 6.45) is 3.61. The van der Waals surface area contributed by atoms with Gasteiger partial charge in [-0.1, -0.05) is 6.92 Å². The summed E-state index contributed by atoms with van der Waals surface area (Å²) in [5.41, 5.74) is -0.309. The van der Waals surface area contributed by atoms with E-state index in [9.17, 15) is 5.26 Å². The number of hydrogen-bond acceptors (Lipinski definition) is 4. The van der Waals surface area contributed by atoms with E-state index in [2.05, 4.69) is 23.2 Å². The van der Waals surface area contributed by atoms with Crippen molar-refractivity contribution in [3.8, 4) is 6.07 Å². The van der Waals surface area contributed by atoms with Crippen molar-refractivity contribution in [1.82, 2.24) is 10.2 Å². The Morgan fingerprint density at radius 3 is 2.78 bits per heavy atom. The van der Waals surface area contributed by atoms with E-state index >= 15 is 0 Å². The number of likely N-dealkylation sites (tertiary alicyclic amines) is 1. The summed E-state index contributed by atoms with van der Waals surface area (Å²) < 4.78 is 5.23. The number of hydrogen-bond donors (Lipinski definition) is 1. The molecule has 4 nitrogen and oxygen atoms in total. The van der Waals surface area contributed by atoms with Gasteiger partial charge in [0.05, 0.1) is 12.7 Å². The highest BCUT2D eigenvalue weighted by Gasteiger charge is 2.46. The lowest BCUT2D eigenvalue weighted by Gasteiger charge is -2.32. The SMILES string of the molecule is CCNC(C#N)(CN1CCC(COC)C1)C1CC1. The normalized spacial score (nSPS) is 27.9. The lowest BCUT2D eigenvalue weighted by molar-refractivity contribution is 0.148. The maximum atomic E-state index is 9.58. The standard InChI is InChI=1S/C14H25N3O/c1-3-16-14(10-15,13-4-5-13)11-17-7-6-12(8-17)9-18-2/h12-13,16H,3-9,11H2,1-2H3. The largest absolute Gasteiger partial charge is 0.384 e. The van der Waals surface area contributed by atoms with Crippen LogP contribution < -0.4 is 5.32 Å². The summed E-state index contributed by atoms with van der Waals surface area (Å²) in [5.74, 6) is 1.20. The molecule has 1 saturated heterocycles. The van der Waals surface area contributed by atoms with Crippen LogP contribution in [0.4, 0.5) is 0 Å². The Hall–Kier alpha value is -0.630. The number of nitrogens with zero attached hydrogens (tertiary/aromatic N) is 2. The van der Waals surface area contributed by atoms with E-state index in [4.69, 9.17) is 4.74 Å². The average Bonchev–Trinajstić information content (AvgIpc) is 3.13. The van der Waals surface area contributed by atoms with Gasteiger partial charge < -0.3 is 9.64 Å². The minimum atomic E-state index is -0.309. The fraction of sp³-hybridized carbons (Fsp3) is 0.929. The van der Waals surface area contributed by atoms with Gasteiger partial charge in [-0.15, -0.1) is 0 Å². The Morgan fingerprint density at radius 2 is 2.22 bits per heavy atom. The molecule has 0 radical (unpaired) electrons. The number of methoxy groups -OCH3 is 1. The fourth-order valence-corrected chi connectivity index (χ4v) is 3.17. The summed E-state index contributed by atoms with van der Waals surface area (Å²) in [4.78, 5) is 2.44. The first-order chi connectivity index (χ1) is 8.74. The van der Waals surface area contributed by atoms with Crippen LogP contribution in [-0.2, 0) is 4.74 Å². The first-order valence-corrected chi connectivity index (χ1v) is 7.11. The molecule has 18 heavy (non-hydrogen) atoms. The van der Waals surface area contributed by atoms with E-state index < -0.39 is 0 Å². The lowest BCUT2D eigenvalue weighted by atomic mass is 9.94. The number of nitrogens with one attached hydrogen (secondary N) is 1. The highest BCUT2D eigenvalue weighted by atomic mass is 16.5. The zero-order valence-corrected chi connectivity index (χ0v) is 11.6. The van der Waals surface area contributed by atoms with Crippen molar-refractivity contribution < 1.29 is 4.74 Å². The molecule has 0 aromatic heterocycles. The Balaban J connectivity index is 1.91. The molecule has 2 aliphatic rings. The zero-order chi connectivity index (χ0) is 13.0. The molecule has 1 saturated carbocycles. The molecule has 0 amide bonds. The maximum Gasteiger partial charge on any atom is 0.122 e. The highest BCUT2D eigenvalue weighted by Crippen LogP contribution is 2.40. The van der Waals surface area contributed by atoms with E-state index in [0.29, 0.717) is 11.8 Å². The molecule has 1 N–H and O–H groups in total. The predicted molar refractivity (Wildman–Crippen MR) is 71.2 cm³/mol. The summed E-state index contributed by atoms with van der Waals surface area (Å²) in [5, 5.41) is 13.0. The van der Waals surface area contributed by atoms with Gasteiger partial charge in [-0.05, 0) is 44.2 Å². The van der Waals surface area contributed by atoms with Crippen LogP contribution in [0.3, 0.4) is 0 Å². The van der Waals surface area contributed by atoms with Crippen LogP contribution >= 0.6 is 0 Å². The van der Waals surface area contributed by atoms with E-state index in [1.165, 1.54) is 19.3 Å². The van der Waals surface area contributed by atoms with Crippen LogP contribution in [0, 0.1) is 23.2 Å². The second-order valence-electron chi connectivity index (χ2n) is 5.73. The van der Waals surface area contributed by atoms with Gasteiger partial charge in [0.1, 0.15) is 5.54 Å². The van der Waals surface area contributed by atoms with Gasteiger partial charge in [-0.25, -0.2) is 0 Å². The van der Waals surface area contributed by atoms with E-state index in [1.807, 2.05) is 0 Å². The molecule has 0 spiro atoms. The van der Waals surface area contributed by atoms with Crippen LogP contribution in [-0.4, -0.2) is 50.3 Å². The van der Waals surface area contributed by atoms with Gasteiger partial charge in [-0.2, -0.15) is 5.26 Å². The molecule has 1 aliphatic carbocycles. The zero-order valence-electron chi connectivity index (χ0n) is 11.6. The molecule has 4 heteroatoms.